The van der Waals surface area contributed by atoms with Crippen LogP contribution in [0.3, 0.4) is 0 Å². The zero-order valence-electron chi connectivity index (χ0n) is 16.4. The van der Waals surface area contributed by atoms with Gasteiger partial charge in [-0.15, -0.1) is 0 Å². The molecule has 0 aliphatic carbocycles. The van der Waals surface area contributed by atoms with Crippen molar-refractivity contribution in [2.45, 2.75) is 77.5 Å². The highest BCUT2D eigenvalue weighted by Gasteiger charge is 2.65. The van der Waals surface area contributed by atoms with Gasteiger partial charge in [0.1, 0.15) is 17.6 Å². The van der Waals surface area contributed by atoms with E-state index in [9.17, 15) is 14.7 Å². The van der Waals surface area contributed by atoms with Gasteiger partial charge in [-0.25, -0.2) is 4.79 Å². The molecule has 0 aromatic rings. The Labute approximate surface area is 158 Å². The summed E-state index contributed by atoms with van der Waals surface area (Å²) >= 11 is 0. The number of aliphatic hydroxyl groups is 1. The number of fused-ring (bicyclic) bond motifs is 1. The minimum Gasteiger partial charge on any atom is -0.461 e. The number of cyclic esters (lactones) is 1. The van der Waals surface area contributed by atoms with Crippen LogP contribution in [0.4, 0.5) is 4.79 Å². The first-order valence-electron chi connectivity index (χ1n) is 9.38. The number of amides is 1. The quantitative estimate of drug-likeness (QED) is 0.685. The smallest absolute Gasteiger partial charge is 0.407 e. The zero-order valence-corrected chi connectivity index (χ0v) is 16.4. The van der Waals surface area contributed by atoms with Gasteiger partial charge in [-0.3, -0.25) is 4.79 Å². The monoisotopic (exact) mass is 387 g/mol. The van der Waals surface area contributed by atoms with E-state index in [2.05, 4.69) is 5.32 Å². The first kappa shape index (κ1) is 20.3. The van der Waals surface area contributed by atoms with E-state index < -0.39 is 47.8 Å². The Morgan fingerprint density at radius 1 is 1.37 bits per heavy atom. The molecule has 0 aromatic carbocycles. The number of rotatable bonds is 4. The number of nitrogens with one attached hydrogen (secondary N) is 1. The molecular weight excluding hydrogens is 358 g/mol. The number of alkyl carbamates (subject to hydrolysis) is 1. The Balaban J connectivity index is 1.73. The largest absolute Gasteiger partial charge is 0.461 e. The van der Waals surface area contributed by atoms with Crippen LogP contribution in [-0.4, -0.2) is 66.8 Å². The highest BCUT2D eigenvalue weighted by molar-refractivity contribution is 5.81. The first-order chi connectivity index (χ1) is 12.6. The Hall–Kier alpha value is -1.42. The highest BCUT2D eigenvalue weighted by Crippen LogP contribution is 2.48. The molecule has 0 spiro atoms. The molecule has 0 aromatic heterocycles. The highest BCUT2D eigenvalue weighted by atomic mass is 16.7. The third kappa shape index (κ3) is 3.65. The first-order valence-corrected chi connectivity index (χ1v) is 9.38. The molecule has 3 fully saturated rings. The number of esters is 1. The predicted molar refractivity (Wildman–Crippen MR) is 91.5 cm³/mol. The normalized spacial score (nSPS) is 43.1. The molecule has 154 valence electrons. The fourth-order valence-corrected chi connectivity index (χ4v) is 4.25. The van der Waals surface area contributed by atoms with Crippen LogP contribution in [-0.2, 0) is 28.5 Å². The van der Waals surface area contributed by atoms with Crippen LogP contribution in [0, 0.1) is 11.3 Å². The van der Waals surface area contributed by atoms with E-state index in [0.717, 1.165) is 0 Å². The minimum atomic E-state index is -1.33. The van der Waals surface area contributed by atoms with Gasteiger partial charge in [0.05, 0.1) is 25.4 Å². The summed E-state index contributed by atoms with van der Waals surface area (Å²) in [6.45, 7) is 9.48. The van der Waals surface area contributed by atoms with Gasteiger partial charge in [-0.05, 0) is 27.7 Å². The fraction of sp³-hybridized carbons (Fsp3) is 0.889. The second kappa shape index (κ2) is 7.20. The van der Waals surface area contributed by atoms with Crippen molar-refractivity contribution in [3.63, 3.8) is 0 Å². The van der Waals surface area contributed by atoms with Gasteiger partial charge in [0, 0.05) is 12.3 Å². The summed E-state index contributed by atoms with van der Waals surface area (Å²) in [6.07, 6.45) is -2.81. The molecule has 3 aliphatic rings. The van der Waals surface area contributed by atoms with Gasteiger partial charge in [-0.2, -0.15) is 0 Å². The third-order valence-corrected chi connectivity index (χ3v) is 5.68. The molecule has 3 saturated heterocycles. The lowest BCUT2D eigenvalue weighted by Gasteiger charge is -2.43. The summed E-state index contributed by atoms with van der Waals surface area (Å²) in [5.74, 6) is -1.38. The van der Waals surface area contributed by atoms with Gasteiger partial charge in [0.2, 0.25) is 0 Å². The maximum Gasteiger partial charge on any atom is 0.407 e. The number of ether oxygens (including phenoxy) is 5. The summed E-state index contributed by atoms with van der Waals surface area (Å²) in [5, 5.41) is 12.9. The number of carbonyl (C=O) groups is 2. The van der Waals surface area contributed by atoms with Crippen molar-refractivity contribution in [1.82, 2.24) is 5.32 Å². The Bertz CT molecular complexity index is 596. The molecule has 3 heterocycles. The van der Waals surface area contributed by atoms with E-state index >= 15 is 0 Å². The van der Waals surface area contributed by atoms with E-state index in [1.807, 2.05) is 20.8 Å². The second-order valence-electron chi connectivity index (χ2n) is 8.06. The van der Waals surface area contributed by atoms with Crippen molar-refractivity contribution in [1.29, 1.82) is 0 Å². The topological polar surface area (TPSA) is 113 Å². The van der Waals surface area contributed by atoms with E-state index in [-0.39, 0.29) is 18.6 Å². The molecule has 9 heteroatoms. The van der Waals surface area contributed by atoms with Crippen LogP contribution >= 0.6 is 0 Å². The minimum absolute atomic E-state index is 0.179. The van der Waals surface area contributed by atoms with Crippen LogP contribution in [0.25, 0.3) is 0 Å². The van der Waals surface area contributed by atoms with E-state index in [1.165, 1.54) is 0 Å². The zero-order chi connectivity index (χ0) is 20.0. The number of carbonyl (C=O) groups excluding carboxylic acids is 2. The summed E-state index contributed by atoms with van der Waals surface area (Å²) in [5.41, 5.74) is -1.21. The average molecular weight is 387 g/mol. The molecule has 3 aliphatic heterocycles. The van der Waals surface area contributed by atoms with Gasteiger partial charge < -0.3 is 34.1 Å². The molecule has 1 unspecified atom stereocenters. The van der Waals surface area contributed by atoms with Crippen LogP contribution in [0.15, 0.2) is 0 Å². The molecule has 0 saturated carbocycles. The van der Waals surface area contributed by atoms with Crippen molar-refractivity contribution in [3.05, 3.63) is 0 Å². The molecule has 2 N–H and O–H groups in total. The third-order valence-electron chi connectivity index (χ3n) is 5.68. The lowest BCUT2D eigenvalue weighted by molar-refractivity contribution is -0.197. The Morgan fingerprint density at radius 2 is 2.07 bits per heavy atom. The number of hydrogen-bond donors (Lipinski definition) is 2. The molecule has 3 rings (SSSR count). The summed E-state index contributed by atoms with van der Waals surface area (Å²) < 4.78 is 27.7. The predicted octanol–water partition coefficient (Wildman–Crippen LogP) is 0.928. The second-order valence-corrected chi connectivity index (χ2v) is 8.06. The lowest BCUT2D eigenvalue weighted by Crippen LogP contribution is -2.60. The summed E-state index contributed by atoms with van der Waals surface area (Å²) in [6, 6.07) is -0.956. The van der Waals surface area contributed by atoms with Gasteiger partial charge in [0.25, 0.3) is 0 Å². The van der Waals surface area contributed by atoms with Gasteiger partial charge >= 0.3 is 12.1 Å². The lowest BCUT2D eigenvalue weighted by atomic mass is 9.70. The molecule has 7 atom stereocenters. The van der Waals surface area contributed by atoms with Crippen molar-refractivity contribution >= 4 is 12.1 Å². The van der Waals surface area contributed by atoms with Crippen LogP contribution in [0.1, 0.15) is 41.0 Å². The Morgan fingerprint density at radius 3 is 2.67 bits per heavy atom. The van der Waals surface area contributed by atoms with Crippen LogP contribution < -0.4 is 5.32 Å². The maximum absolute atomic E-state index is 12.9. The molecule has 9 nitrogen and oxygen atoms in total. The van der Waals surface area contributed by atoms with Crippen molar-refractivity contribution in [3.8, 4) is 0 Å². The molecular formula is C18H29NO8. The van der Waals surface area contributed by atoms with Crippen molar-refractivity contribution in [2.24, 2.45) is 11.3 Å². The van der Waals surface area contributed by atoms with Crippen molar-refractivity contribution in [2.75, 3.05) is 13.2 Å². The molecule has 0 radical (unpaired) electrons. The van der Waals surface area contributed by atoms with Gasteiger partial charge in [-0.1, -0.05) is 6.92 Å². The maximum atomic E-state index is 12.9. The number of aliphatic hydroxyl groups excluding tert-OH is 1. The molecule has 1 amide bonds. The summed E-state index contributed by atoms with van der Waals surface area (Å²) in [7, 11) is 0. The molecule has 27 heavy (non-hydrogen) atoms. The average Bonchev–Trinajstić information content (AvgIpc) is 3.05. The van der Waals surface area contributed by atoms with Crippen LogP contribution in [0.5, 0.6) is 0 Å². The van der Waals surface area contributed by atoms with Gasteiger partial charge in [0.15, 0.2) is 12.1 Å². The fourth-order valence-electron chi connectivity index (χ4n) is 4.25. The summed E-state index contributed by atoms with van der Waals surface area (Å²) in [4.78, 5) is 24.7. The van der Waals surface area contributed by atoms with Crippen LogP contribution in [0.2, 0.25) is 0 Å². The SMILES string of the molecule is CCOC(=O)N[C@@H]1C(O)O[C@H]2[C@H](C)[C@@H](C[C@H]3COC(C)(C)O3)OC(=O)[C@@]12C. The number of hydrogen-bond acceptors (Lipinski definition) is 8. The Kier molecular flexibility index (Phi) is 5.42. The van der Waals surface area contributed by atoms with E-state index in [0.29, 0.717) is 13.0 Å². The van der Waals surface area contributed by atoms with E-state index in [1.54, 1.807) is 13.8 Å². The van der Waals surface area contributed by atoms with Crippen molar-refractivity contribution < 1.29 is 38.4 Å². The van der Waals surface area contributed by atoms with E-state index in [4.69, 9.17) is 23.7 Å². The standard InChI is InChI=1S/C18H29NO8/c1-6-23-16(22)19-12-14(20)26-13-9(2)11(25-15(21)18(12,13)5)7-10-8-24-17(3,4)27-10/h9-14,20H,6-8H2,1-5H3,(H,19,22)/t9-,10+,11-,12-,13+,14?,18+/m1/s1. The molecule has 0 bridgehead atoms.